The molecule has 2 unspecified atom stereocenters. The maximum Gasteiger partial charge on any atom is 0.222 e. The van der Waals surface area contributed by atoms with Gasteiger partial charge in [0.2, 0.25) is 5.91 Å². The third-order valence-electron chi connectivity index (χ3n) is 3.96. The second kappa shape index (κ2) is 6.97. The highest BCUT2D eigenvalue weighted by atomic mass is 16.2. The molecule has 1 heterocycles. The Balaban J connectivity index is 2.35. The van der Waals surface area contributed by atoms with Crippen LogP contribution < -0.4 is 5.73 Å². The van der Waals surface area contributed by atoms with Gasteiger partial charge < -0.3 is 15.5 Å². The van der Waals surface area contributed by atoms with Crippen LogP contribution in [0.1, 0.15) is 32.6 Å². The summed E-state index contributed by atoms with van der Waals surface area (Å²) < 4.78 is 0. The minimum absolute atomic E-state index is 0.239. The molecule has 0 aliphatic carbocycles. The van der Waals surface area contributed by atoms with E-state index >= 15 is 0 Å². The van der Waals surface area contributed by atoms with Gasteiger partial charge in [-0.3, -0.25) is 4.79 Å². The molecule has 0 bridgehead atoms. The number of likely N-dealkylation sites (tertiary alicyclic amines) is 1. The van der Waals surface area contributed by atoms with Crippen molar-refractivity contribution in [3.63, 3.8) is 0 Å². The summed E-state index contributed by atoms with van der Waals surface area (Å²) in [7, 11) is 4.06. The molecule has 1 saturated heterocycles. The standard InChI is InChI=1S/C13H27N3O/c1-4-11(9-14)8-13(17)16(3)10-12-6-5-7-15(12)2/h11-12H,4-10,14H2,1-3H3. The lowest BCUT2D eigenvalue weighted by Gasteiger charge is -2.27. The van der Waals surface area contributed by atoms with Crippen molar-refractivity contribution in [3.05, 3.63) is 0 Å². The van der Waals surface area contributed by atoms with Crippen LogP contribution in [0.5, 0.6) is 0 Å². The van der Waals surface area contributed by atoms with E-state index in [0.717, 1.165) is 19.5 Å². The fourth-order valence-corrected chi connectivity index (χ4v) is 2.43. The van der Waals surface area contributed by atoms with Crippen LogP contribution in [0, 0.1) is 5.92 Å². The first-order chi connectivity index (χ1) is 8.08. The van der Waals surface area contributed by atoms with Crippen LogP contribution in [-0.2, 0) is 4.79 Å². The second-order valence-electron chi connectivity index (χ2n) is 5.27. The predicted molar refractivity (Wildman–Crippen MR) is 70.7 cm³/mol. The van der Waals surface area contributed by atoms with Gasteiger partial charge in [-0.2, -0.15) is 0 Å². The summed E-state index contributed by atoms with van der Waals surface area (Å²) in [5.41, 5.74) is 5.64. The Hall–Kier alpha value is -0.610. The average Bonchev–Trinajstić information content (AvgIpc) is 2.71. The van der Waals surface area contributed by atoms with Crippen LogP contribution in [-0.4, -0.2) is 55.5 Å². The normalized spacial score (nSPS) is 22.7. The largest absolute Gasteiger partial charge is 0.344 e. The molecule has 2 atom stereocenters. The smallest absolute Gasteiger partial charge is 0.222 e. The van der Waals surface area contributed by atoms with Crippen molar-refractivity contribution >= 4 is 5.91 Å². The lowest BCUT2D eigenvalue weighted by atomic mass is 10.0. The summed E-state index contributed by atoms with van der Waals surface area (Å²) in [5.74, 6) is 0.578. The zero-order valence-electron chi connectivity index (χ0n) is 11.5. The van der Waals surface area contributed by atoms with Gasteiger partial charge in [0.25, 0.3) is 0 Å². The van der Waals surface area contributed by atoms with Crippen molar-refractivity contribution in [2.75, 3.05) is 33.7 Å². The summed E-state index contributed by atoms with van der Waals surface area (Å²) >= 11 is 0. The maximum absolute atomic E-state index is 12.0. The molecule has 1 aliphatic heterocycles. The van der Waals surface area contributed by atoms with Gasteiger partial charge in [-0.05, 0) is 38.9 Å². The van der Waals surface area contributed by atoms with Gasteiger partial charge in [0, 0.05) is 26.1 Å². The number of nitrogens with zero attached hydrogens (tertiary/aromatic N) is 2. The van der Waals surface area contributed by atoms with Gasteiger partial charge in [-0.15, -0.1) is 0 Å². The SMILES string of the molecule is CCC(CN)CC(=O)N(C)CC1CCCN1C. The quantitative estimate of drug-likeness (QED) is 0.752. The van der Waals surface area contributed by atoms with Crippen LogP contribution >= 0.6 is 0 Å². The van der Waals surface area contributed by atoms with Crippen molar-refractivity contribution in [2.45, 2.75) is 38.6 Å². The highest BCUT2D eigenvalue weighted by molar-refractivity contribution is 5.76. The number of rotatable bonds is 6. The molecule has 0 spiro atoms. The zero-order chi connectivity index (χ0) is 12.8. The minimum Gasteiger partial charge on any atom is -0.344 e. The fraction of sp³-hybridized carbons (Fsp3) is 0.923. The summed E-state index contributed by atoms with van der Waals surface area (Å²) in [6.45, 7) is 4.72. The first-order valence-electron chi connectivity index (χ1n) is 6.72. The molecule has 1 rings (SSSR count). The minimum atomic E-state index is 0.239. The van der Waals surface area contributed by atoms with E-state index in [1.807, 2.05) is 11.9 Å². The number of carbonyl (C=O) groups is 1. The molecule has 0 aromatic heterocycles. The predicted octanol–water partition coefficient (Wildman–Crippen LogP) is 0.914. The van der Waals surface area contributed by atoms with Crippen molar-refractivity contribution in [3.8, 4) is 0 Å². The van der Waals surface area contributed by atoms with Crippen molar-refractivity contribution in [1.82, 2.24) is 9.80 Å². The lowest BCUT2D eigenvalue weighted by molar-refractivity contribution is -0.131. The number of amides is 1. The first kappa shape index (κ1) is 14.5. The molecule has 1 amide bonds. The van der Waals surface area contributed by atoms with E-state index in [1.165, 1.54) is 12.8 Å². The van der Waals surface area contributed by atoms with Gasteiger partial charge in [0.05, 0.1) is 0 Å². The van der Waals surface area contributed by atoms with E-state index in [4.69, 9.17) is 5.73 Å². The number of carbonyl (C=O) groups excluding carboxylic acids is 1. The zero-order valence-corrected chi connectivity index (χ0v) is 11.5. The molecule has 17 heavy (non-hydrogen) atoms. The van der Waals surface area contributed by atoms with Crippen LogP contribution in [0.15, 0.2) is 0 Å². The van der Waals surface area contributed by atoms with Crippen molar-refractivity contribution in [1.29, 1.82) is 0 Å². The van der Waals surface area contributed by atoms with Crippen LogP contribution in [0.2, 0.25) is 0 Å². The Morgan fingerprint density at radius 1 is 1.59 bits per heavy atom. The monoisotopic (exact) mass is 241 g/mol. The highest BCUT2D eigenvalue weighted by Crippen LogP contribution is 2.16. The third kappa shape index (κ3) is 4.28. The topological polar surface area (TPSA) is 49.6 Å². The van der Waals surface area contributed by atoms with E-state index in [1.54, 1.807) is 0 Å². The number of nitrogens with two attached hydrogens (primary N) is 1. The highest BCUT2D eigenvalue weighted by Gasteiger charge is 2.24. The summed E-state index contributed by atoms with van der Waals surface area (Å²) in [6, 6.07) is 0.543. The summed E-state index contributed by atoms with van der Waals surface area (Å²) in [4.78, 5) is 16.2. The van der Waals surface area contributed by atoms with E-state index < -0.39 is 0 Å². The lowest BCUT2D eigenvalue weighted by Crippen LogP contribution is -2.40. The first-order valence-corrected chi connectivity index (χ1v) is 6.72. The molecule has 1 aliphatic rings. The average molecular weight is 241 g/mol. The Kier molecular flexibility index (Phi) is 5.92. The second-order valence-corrected chi connectivity index (χ2v) is 5.27. The number of hydrogen-bond donors (Lipinski definition) is 1. The molecular weight excluding hydrogens is 214 g/mol. The number of hydrogen-bond acceptors (Lipinski definition) is 3. The van der Waals surface area contributed by atoms with E-state index in [2.05, 4.69) is 18.9 Å². The molecule has 4 nitrogen and oxygen atoms in total. The van der Waals surface area contributed by atoms with E-state index in [9.17, 15) is 4.79 Å². The van der Waals surface area contributed by atoms with E-state index in [0.29, 0.717) is 24.9 Å². The van der Waals surface area contributed by atoms with Gasteiger partial charge in [-0.25, -0.2) is 0 Å². The van der Waals surface area contributed by atoms with Gasteiger partial charge in [-0.1, -0.05) is 13.3 Å². The van der Waals surface area contributed by atoms with Gasteiger partial charge in [0.15, 0.2) is 0 Å². The molecule has 0 radical (unpaired) electrons. The third-order valence-corrected chi connectivity index (χ3v) is 3.96. The Labute approximate surface area is 105 Å². The molecule has 4 heteroatoms. The van der Waals surface area contributed by atoms with Crippen LogP contribution in [0.4, 0.5) is 0 Å². The summed E-state index contributed by atoms with van der Waals surface area (Å²) in [5, 5.41) is 0. The molecule has 0 aromatic rings. The van der Waals surface area contributed by atoms with E-state index in [-0.39, 0.29) is 5.91 Å². The molecule has 0 aromatic carbocycles. The Morgan fingerprint density at radius 2 is 2.29 bits per heavy atom. The molecule has 1 fully saturated rings. The Bertz CT molecular complexity index is 241. The van der Waals surface area contributed by atoms with Crippen LogP contribution in [0.25, 0.3) is 0 Å². The summed E-state index contributed by atoms with van der Waals surface area (Å²) in [6.07, 6.45) is 4.05. The number of likely N-dealkylation sites (N-methyl/N-ethyl adjacent to an activating group) is 2. The van der Waals surface area contributed by atoms with Crippen molar-refractivity contribution < 1.29 is 4.79 Å². The molecule has 2 N–H and O–H groups in total. The molecule has 0 saturated carbocycles. The van der Waals surface area contributed by atoms with Gasteiger partial charge in [0.1, 0.15) is 0 Å². The fourth-order valence-electron chi connectivity index (χ4n) is 2.43. The van der Waals surface area contributed by atoms with Gasteiger partial charge >= 0.3 is 0 Å². The Morgan fingerprint density at radius 3 is 2.76 bits per heavy atom. The maximum atomic E-state index is 12.0. The molecular formula is C13H27N3O. The van der Waals surface area contributed by atoms with Crippen LogP contribution in [0.3, 0.4) is 0 Å². The van der Waals surface area contributed by atoms with Crippen molar-refractivity contribution in [2.24, 2.45) is 11.7 Å². The molecule has 100 valence electrons.